The van der Waals surface area contributed by atoms with Crippen molar-refractivity contribution < 1.29 is 23.5 Å². The number of para-hydroxylation sites is 1. The topological polar surface area (TPSA) is 69.6 Å². The van der Waals surface area contributed by atoms with Gasteiger partial charge in [-0.1, -0.05) is 74.5 Å². The van der Waals surface area contributed by atoms with Crippen LogP contribution in [0.2, 0.25) is 0 Å². The average Bonchev–Trinajstić information content (AvgIpc) is 3.51. The summed E-state index contributed by atoms with van der Waals surface area (Å²) in [5, 5.41) is 0.963. The molecule has 7 nitrogen and oxygen atoms in total. The van der Waals surface area contributed by atoms with Crippen LogP contribution < -0.4 is 24.2 Å². The zero-order valence-electron chi connectivity index (χ0n) is 25.7. The summed E-state index contributed by atoms with van der Waals surface area (Å²) in [5.41, 5.74) is 4.86. The van der Waals surface area contributed by atoms with Crippen molar-refractivity contribution >= 4 is 47.0 Å². The van der Waals surface area contributed by atoms with E-state index < -0.39 is 12.2 Å². The molecule has 0 saturated carbocycles. The summed E-state index contributed by atoms with van der Waals surface area (Å²) in [5.74, 6) is 3.55. The molecule has 0 saturated heterocycles. The van der Waals surface area contributed by atoms with Crippen molar-refractivity contribution in [2.75, 3.05) is 26.2 Å². The van der Waals surface area contributed by atoms with Crippen molar-refractivity contribution in [1.82, 2.24) is 0 Å². The highest BCUT2D eigenvalue weighted by Crippen LogP contribution is 2.55. The zero-order chi connectivity index (χ0) is 31.8. The number of hydrogen-bond acceptors (Lipinski definition) is 8. The van der Waals surface area contributed by atoms with Gasteiger partial charge in [0.25, 0.3) is 0 Å². The van der Waals surface area contributed by atoms with Gasteiger partial charge >= 0.3 is 5.97 Å². The molecule has 0 aromatic heterocycles. The van der Waals surface area contributed by atoms with Crippen LogP contribution in [0.3, 0.4) is 0 Å². The normalized spacial score (nSPS) is 18.3. The Hall–Kier alpha value is -4.65. The number of carbonyl (C=O) groups is 1. The number of hydrogen-bond donors (Lipinski definition) is 0. The minimum Gasteiger partial charge on any atom is -0.493 e. The maximum atomic E-state index is 12.7. The molecule has 0 spiro atoms. The minimum absolute atomic E-state index is 0.193. The molecule has 4 aromatic carbocycles. The first-order valence-electron chi connectivity index (χ1n) is 14.4. The van der Waals surface area contributed by atoms with E-state index in [-0.39, 0.29) is 17.0 Å². The molecular weight excluding hydrogens is 603 g/mol. The molecule has 0 aliphatic carbocycles. The van der Waals surface area contributed by atoms with Crippen LogP contribution in [0.1, 0.15) is 30.5 Å². The molecule has 2 heterocycles. The first kappa shape index (κ1) is 30.4. The highest BCUT2D eigenvalue weighted by Gasteiger charge is 2.40. The number of allylic oxidation sites excluding steroid dienone is 1. The summed E-state index contributed by atoms with van der Waals surface area (Å²) < 4.78 is 22.8. The SMILES string of the molecule is COc1ccc(C2=NC(=Cc3ccc(OP(=S)(/C=C4\N(C)c5ccccc5C4(C)C)c4ccccc4)cc3)C(=O)O2)cc1OC. The van der Waals surface area contributed by atoms with Gasteiger partial charge in [-0.05, 0) is 65.4 Å². The van der Waals surface area contributed by atoms with Crippen LogP contribution >= 0.6 is 6.26 Å². The number of rotatable bonds is 8. The maximum absolute atomic E-state index is 12.7. The predicted molar refractivity (Wildman–Crippen MR) is 184 cm³/mol. The second-order valence-corrected chi connectivity index (χ2v) is 15.0. The van der Waals surface area contributed by atoms with Crippen molar-refractivity contribution in [3.63, 3.8) is 0 Å². The van der Waals surface area contributed by atoms with Gasteiger partial charge in [0.1, 0.15) is 5.75 Å². The maximum Gasteiger partial charge on any atom is 0.363 e. The summed E-state index contributed by atoms with van der Waals surface area (Å²) in [6, 6.07) is 31.2. The van der Waals surface area contributed by atoms with E-state index in [0.29, 0.717) is 22.8 Å². The third-order valence-electron chi connectivity index (χ3n) is 8.02. The molecule has 0 bridgehead atoms. The van der Waals surface area contributed by atoms with Gasteiger partial charge in [-0.2, -0.15) is 0 Å². The summed E-state index contributed by atoms with van der Waals surface area (Å²) >= 11 is 6.39. The van der Waals surface area contributed by atoms with E-state index in [1.807, 2.05) is 54.6 Å². The first-order chi connectivity index (χ1) is 21.6. The Morgan fingerprint density at radius 3 is 2.27 bits per heavy atom. The Morgan fingerprint density at radius 1 is 0.889 bits per heavy atom. The monoisotopic (exact) mass is 636 g/mol. The molecule has 4 aromatic rings. The van der Waals surface area contributed by atoms with Crippen LogP contribution in [0, 0.1) is 0 Å². The number of aliphatic imine (C=N–C) groups is 1. The fourth-order valence-electron chi connectivity index (χ4n) is 5.62. The summed E-state index contributed by atoms with van der Waals surface area (Å²) in [6.07, 6.45) is -1.02. The Kier molecular flexibility index (Phi) is 8.12. The van der Waals surface area contributed by atoms with Crippen LogP contribution in [-0.4, -0.2) is 33.1 Å². The summed E-state index contributed by atoms with van der Waals surface area (Å²) in [4.78, 5) is 19.3. The molecule has 1 atom stereocenters. The predicted octanol–water partition coefficient (Wildman–Crippen LogP) is 7.42. The molecule has 2 aliphatic heterocycles. The zero-order valence-corrected chi connectivity index (χ0v) is 27.4. The Bertz CT molecular complexity index is 1920. The Labute approximate surface area is 268 Å². The molecule has 0 fully saturated rings. The highest BCUT2D eigenvalue weighted by molar-refractivity contribution is 8.17. The lowest BCUT2D eigenvalue weighted by molar-refractivity contribution is -0.129. The van der Waals surface area contributed by atoms with Gasteiger partial charge in [0.15, 0.2) is 23.5 Å². The first-order valence-corrected chi connectivity index (χ1v) is 17.2. The van der Waals surface area contributed by atoms with E-state index in [2.05, 4.69) is 60.9 Å². The largest absolute Gasteiger partial charge is 0.493 e. The number of anilines is 1. The van der Waals surface area contributed by atoms with Crippen LogP contribution in [0.5, 0.6) is 17.2 Å². The third-order valence-corrected chi connectivity index (χ3v) is 11.3. The number of nitrogens with zero attached hydrogens (tertiary/aromatic N) is 2. The standard InChI is InChI=1S/C36H33N2O5PS/c1-36(2)28-13-9-10-14-30(28)38(3)33(36)23-44(45,27-11-7-6-8-12-27)43-26-18-15-24(16-19-26)21-29-35(39)42-34(37-29)25-17-20-31(40-4)32(22-25)41-5/h6-23H,1-5H3/b29-21?,33-23-. The van der Waals surface area contributed by atoms with Gasteiger partial charge in [-0.15, -0.1) is 0 Å². The number of ether oxygens (including phenoxy) is 3. The quantitative estimate of drug-likeness (QED) is 0.113. The molecule has 45 heavy (non-hydrogen) atoms. The molecule has 0 N–H and O–H groups in total. The van der Waals surface area contributed by atoms with Crippen molar-refractivity contribution in [2.24, 2.45) is 4.99 Å². The molecule has 6 rings (SSSR count). The van der Waals surface area contributed by atoms with E-state index in [0.717, 1.165) is 16.6 Å². The van der Waals surface area contributed by atoms with E-state index in [1.54, 1.807) is 38.5 Å². The van der Waals surface area contributed by atoms with Crippen molar-refractivity contribution in [3.8, 4) is 17.2 Å². The number of methoxy groups -OCH3 is 2. The smallest absolute Gasteiger partial charge is 0.363 e. The van der Waals surface area contributed by atoms with Gasteiger partial charge in [0.05, 0.1) is 14.2 Å². The van der Waals surface area contributed by atoms with Crippen molar-refractivity contribution in [2.45, 2.75) is 19.3 Å². The molecule has 228 valence electrons. The van der Waals surface area contributed by atoms with E-state index >= 15 is 0 Å². The number of carbonyl (C=O) groups excluding carboxylic acids is 1. The number of cyclic esters (lactones) is 1. The summed E-state index contributed by atoms with van der Waals surface area (Å²) in [6.45, 7) is 4.45. The Balaban J connectivity index is 1.29. The van der Waals surface area contributed by atoms with E-state index in [4.69, 9.17) is 30.5 Å². The molecule has 1 unspecified atom stereocenters. The van der Waals surface area contributed by atoms with Gasteiger partial charge < -0.3 is 23.6 Å². The van der Waals surface area contributed by atoms with E-state index in [1.165, 1.54) is 11.3 Å². The molecule has 2 aliphatic rings. The van der Waals surface area contributed by atoms with Gasteiger partial charge in [-0.3, -0.25) is 0 Å². The fraction of sp³-hybridized carbons (Fsp3) is 0.167. The number of esters is 1. The lowest BCUT2D eigenvalue weighted by atomic mass is 9.84. The molecule has 0 amide bonds. The fourth-order valence-corrected chi connectivity index (χ4v) is 8.69. The molecule has 0 radical (unpaired) electrons. The van der Waals surface area contributed by atoms with Crippen LogP contribution in [-0.2, 0) is 26.8 Å². The minimum atomic E-state index is -2.70. The van der Waals surface area contributed by atoms with Gasteiger partial charge in [-0.25, -0.2) is 9.79 Å². The van der Waals surface area contributed by atoms with Crippen molar-refractivity contribution in [1.29, 1.82) is 0 Å². The van der Waals surface area contributed by atoms with Crippen LogP contribution in [0.15, 0.2) is 119 Å². The second kappa shape index (κ2) is 12.0. The average molecular weight is 637 g/mol. The summed E-state index contributed by atoms with van der Waals surface area (Å²) in [7, 11) is 5.19. The van der Waals surface area contributed by atoms with Gasteiger partial charge in [0.2, 0.25) is 5.90 Å². The molecule has 9 heteroatoms. The van der Waals surface area contributed by atoms with E-state index in [9.17, 15) is 4.79 Å². The third kappa shape index (κ3) is 5.79. The Morgan fingerprint density at radius 2 is 1.58 bits per heavy atom. The second-order valence-electron chi connectivity index (χ2n) is 11.2. The van der Waals surface area contributed by atoms with Crippen LogP contribution in [0.4, 0.5) is 5.69 Å². The molecular formula is C36H33N2O5PS. The van der Waals surface area contributed by atoms with Crippen molar-refractivity contribution in [3.05, 3.63) is 131 Å². The number of likely N-dealkylation sites (N-methyl/N-ethyl adjacent to an activating group) is 1. The lowest BCUT2D eigenvalue weighted by Crippen LogP contribution is -2.24. The number of fused-ring (bicyclic) bond motifs is 1. The number of benzene rings is 4. The lowest BCUT2D eigenvalue weighted by Gasteiger charge is -2.28. The highest BCUT2D eigenvalue weighted by atomic mass is 32.4. The van der Waals surface area contributed by atoms with Crippen LogP contribution in [0.25, 0.3) is 6.08 Å². The van der Waals surface area contributed by atoms with Gasteiger partial charge in [0, 0.05) is 40.5 Å².